The van der Waals surface area contributed by atoms with Crippen molar-refractivity contribution in [3.63, 3.8) is 0 Å². The second-order valence-electron chi connectivity index (χ2n) is 4.73. The molecule has 106 valence electrons. The van der Waals surface area contributed by atoms with Gasteiger partial charge < -0.3 is 5.32 Å². The van der Waals surface area contributed by atoms with Crippen molar-refractivity contribution in [3.8, 4) is 0 Å². The minimum absolute atomic E-state index is 0.239. The van der Waals surface area contributed by atoms with Gasteiger partial charge in [0.15, 0.2) is 0 Å². The third-order valence-electron chi connectivity index (χ3n) is 2.88. The van der Waals surface area contributed by atoms with Crippen molar-refractivity contribution in [3.05, 3.63) is 21.1 Å². The number of anilines is 1. The predicted octanol–water partition coefficient (Wildman–Crippen LogP) is 2.54. The van der Waals surface area contributed by atoms with Crippen LogP contribution in [0.2, 0.25) is 0 Å². The Morgan fingerprint density at radius 1 is 1.45 bits per heavy atom. The van der Waals surface area contributed by atoms with E-state index in [0.717, 1.165) is 22.1 Å². The zero-order chi connectivity index (χ0) is 13.9. The molecule has 0 bridgehead atoms. The number of aromatic nitrogens is 3. The van der Waals surface area contributed by atoms with E-state index < -0.39 is 0 Å². The Morgan fingerprint density at radius 3 is 3.00 bits per heavy atom. The first-order valence-electron chi connectivity index (χ1n) is 6.50. The normalized spacial score (nSPS) is 14.2. The highest BCUT2D eigenvalue weighted by Crippen LogP contribution is 2.41. The fraction of sp³-hybridized carbons (Fsp3) is 0.500. The number of carbonyl (C=O) groups excluding carboxylic acids is 1. The number of rotatable bonds is 5. The van der Waals surface area contributed by atoms with Crippen molar-refractivity contribution in [2.45, 2.75) is 32.1 Å². The molecule has 1 fully saturated rings. The fourth-order valence-electron chi connectivity index (χ4n) is 1.72. The molecule has 2 aromatic rings. The Bertz CT molecular complexity index is 605. The lowest BCUT2D eigenvalue weighted by molar-refractivity contribution is 0.252. The average molecular weight is 309 g/mol. The summed E-state index contributed by atoms with van der Waals surface area (Å²) in [5.74, 6) is 0.569. The van der Waals surface area contributed by atoms with Crippen LogP contribution in [0, 0.1) is 6.92 Å². The van der Waals surface area contributed by atoms with E-state index in [1.165, 1.54) is 24.2 Å². The van der Waals surface area contributed by atoms with Crippen molar-refractivity contribution in [1.29, 1.82) is 0 Å². The van der Waals surface area contributed by atoms with Gasteiger partial charge in [0.2, 0.25) is 5.13 Å². The number of urea groups is 1. The zero-order valence-corrected chi connectivity index (χ0v) is 12.7. The lowest BCUT2D eigenvalue weighted by atomic mass is 10.4. The molecule has 0 unspecified atom stereocenters. The summed E-state index contributed by atoms with van der Waals surface area (Å²) < 4.78 is 0. The lowest BCUT2D eigenvalue weighted by Crippen LogP contribution is -2.30. The van der Waals surface area contributed by atoms with E-state index in [2.05, 4.69) is 25.8 Å². The minimum atomic E-state index is -0.239. The Balaban J connectivity index is 1.42. The summed E-state index contributed by atoms with van der Waals surface area (Å²) in [7, 11) is 0. The molecule has 6 nitrogen and oxygen atoms in total. The van der Waals surface area contributed by atoms with Crippen LogP contribution in [0.25, 0.3) is 0 Å². The van der Waals surface area contributed by atoms with Crippen molar-refractivity contribution < 1.29 is 4.79 Å². The smallest absolute Gasteiger partial charge is 0.321 e. The topological polar surface area (TPSA) is 79.8 Å². The van der Waals surface area contributed by atoms with Crippen LogP contribution < -0.4 is 10.6 Å². The van der Waals surface area contributed by atoms with E-state index in [1.54, 1.807) is 11.3 Å². The molecule has 0 aliphatic heterocycles. The molecule has 0 saturated heterocycles. The van der Waals surface area contributed by atoms with Gasteiger partial charge in [-0.25, -0.2) is 9.78 Å². The number of hydrogen-bond acceptors (Lipinski definition) is 6. The van der Waals surface area contributed by atoms with Gasteiger partial charge in [-0.15, -0.1) is 21.5 Å². The van der Waals surface area contributed by atoms with Gasteiger partial charge in [-0.2, -0.15) is 0 Å². The summed E-state index contributed by atoms with van der Waals surface area (Å²) in [6, 6.07) is -0.239. The van der Waals surface area contributed by atoms with Crippen LogP contribution in [0.1, 0.15) is 34.5 Å². The van der Waals surface area contributed by atoms with E-state index in [-0.39, 0.29) is 6.03 Å². The van der Waals surface area contributed by atoms with Crippen LogP contribution in [0.15, 0.2) is 5.38 Å². The molecule has 1 aliphatic rings. The van der Waals surface area contributed by atoms with E-state index in [1.807, 2.05) is 12.3 Å². The Labute approximate surface area is 124 Å². The van der Waals surface area contributed by atoms with Crippen LogP contribution in [0.5, 0.6) is 0 Å². The summed E-state index contributed by atoms with van der Waals surface area (Å²) in [6.07, 6.45) is 3.12. The molecule has 20 heavy (non-hydrogen) atoms. The SMILES string of the molecule is Cc1csc(CCNC(=O)Nc2nnc(C3CC3)s2)n1. The van der Waals surface area contributed by atoms with Crippen molar-refractivity contribution in [1.82, 2.24) is 20.5 Å². The first-order chi connectivity index (χ1) is 9.70. The molecule has 2 heterocycles. The van der Waals surface area contributed by atoms with Gasteiger partial charge in [-0.1, -0.05) is 11.3 Å². The summed E-state index contributed by atoms with van der Waals surface area (Å²) in [4.78, 5) is 16.0. The monoisotopic (exact) mass is 309 g/mol. The molecule has 0 radical (unpaired) electrons. The van der Waals surface area contributed by atoms with Gasteiger partial charge in [0.05, 0.1) is 5.01 Å². The summed E-state index contributed by atoms with van der Waals surface area (Å²) in [5.41, 5.74) is 1.02. The fourth-order valence-corrected chi connectivity index (χ4v) is 3.41. The van der Waals surface area contributed by atoms with Crippen LogP contribution in [0.3, 0.4) is 0 Å². The number of amides is 2. The van der Waals surface area contributed by atoms with Crippen molar-refractivity contribution in [2.24, 2.45) is 0 Å². The maximum Gasteiger partial charge on any atom is 0.321 e. The first-order valence-corrected chi connectivity index (χ1v) is 8.19. The third-order valence-corrected chi connectivity index (χ3v) is 4.91. The van der Waals surface area contributed by atoms with Crippen LogP contribution in [0.4, 0.5) is 9.93 Å². The molecule has 2 aromatic heterocycles. The second-order valence-corrected chi connectivity index (χ2v) is 6.69. The summed E-state index contributed by atoms with van der Waals surface area (Å²) in [5, 5.41) is 18.2. The molecule has 3 rings (SSSR count). The number of thiazole rings is 1. The molecule has 1 saturated carbocycles. The predicted molar refractivity (Wildman–Crippen MR) is 79.5 cm³/mol. The largest absolute Gasteiger partial charge is 0.337 e. The number of aryl methyl sites for hydroxylation is 1. The molecular formula is C12H15N5OS2. The van der Waals surface area contributed by atoms with Crippen LogP contribution in [-0.4, -0.2) is 27.8 Å². The van der Waals surface area contributed by atoms with Gasteiger partial charge in [0.25, 0.3) is 0 Å². The lowest BCUT2D eigenvalue weighted by Gasteiger charge is -2.03. The highest BCUT2D eigenvalue weighted by atomic mass is 32.1. The minimum Gasteiger partial charge on any atom is -0.337 e. The number of nitrogens with zero attached hydrogens (tertiary/aromatic N) is 3. The quantitative estimate of drug-likeness (QED) is 0.889. The number of hydrogen-bond donors (Lipinski definition) is 2. The van der Waals surface area contributed by atoms with Gasteiger partial charge in [0, 0.05) is 30.0 Å². The zero-order valence-electron chi connectivity index (χ0n) is 11.0. The average Bonchev–Trinajstić information content (AvgIpc) is 3.03. The molecular weight excluding hydrogens is 294 g/mol. The highest BCUT2D eigenvalue weighted by Gasteiger charge is 2.27. The number of carbonyl (C=O) groups is 1. The molecule has 1 aliphatic carbocycles. The Kier molecular flexibility index (Phi) is 3.93. The van der Waals surface area contributed by atoms with E-state index >= 15 is 0 Å². The van der Waals surface area contributed by atoms with Crippen molar-refractivity contribution in [2.75, 3.05) is 11.9 Å². The van der Waals surface area contributed by atoms with Gasteiger partial charge in [-0.3, -0.25) is 5.32 Å². The van der Waals surface area contributed by atoms with E-state index in [9.17, 15) is 4.79 Å². The molecule has 2 N–H and O–H groups in total. The van der Waals surface area contributed by atoms with Gasteiger partial charge in [-0.05, 0) is 19.8 Å². The maximum absolute atomic E-state index is 11.7. The highest BCUT2D eigenvalue weighted by molar-refractivity contribution is 7.15. The second kappa shape index (κ2) is 5.84. The van der Waals surface area contributed by atoms with Crippen molar-refractivity contribution >= 4 is 33.8 Å². The molecule has 0 spiro atoms. The van der Waals surface area contributed by atoms with E-state index in [0.29, 0.717) is 17.6 Å². The summed E-state index contributed by atoms with van der Waals surface area (Å²) in [6.45, 7) is 2.53. The van der Waals surface area contributed by atoms with Crippen LogP contribution in [-0.2, 0) is 6.42 Å². The third kappa shape index (κ3) is 3.51. The molecule has 2 amide bonds. The number of nitrogens with one attached hydrogen (secondary N) is 2. The molecule has 0 atom stereocenters. The Hall–Kier alpha value is -1.54. The first kappa shape index (κ1) is 13.4. The molecule has 8 heteroatoms. The van der Waals surface area contributed by atoms with Gasteiger partial charge >= 0.3 is 6.03 Å². The molecule has 0 aromatic carbocycles. The van der Waals surface area contributed by atoms with Crippen LogP contribution >= 0.6 is 22.7 Å². The Morgan fingerprint density at radius 2 is 2.30 bits per heavy atom. The van der Waals surface area contributed by atoms with E-state index in [4.69, 9.17) is 0 Å². The standard InChI is InChI=1S/C12H15N5OS2/c1-7-6-19-9(14-7)4-5-13-11(18)15-12-17-16-10(20-12)8-2-3-8/h6,8H,2-5H2,1H3,(H2,13,15,17,18). The maximum atomic E-state index is 11.7. The summed E-state index contributed by atoms with van der Waals surface area (Å²) >= 11 is 3.08. The van der Waals surface area contributed by atoms with Gasteiger partial charge in [0.1, 0.15) is 5.01 Å².